The minimum absolute atomic E-state index is 0.0434. The van der Waals surface area contributed by atoms with E-state index in [4.69, 9.17) is 5.14 Å². The number of hydrogen-bond acceptors (Lipinski definition) is 4. The molecule has 1 aromatic heterocycles. The first-order valence-corrected chi connectivity index (χ1v) is 9.34. The molecular formula is C18H18N4O3S. The highest BCUT2D eigenvalue weighted by molar-refractivity contribution is 7.89. The second-order valence-electron chi connectivity index (χ2n) is 5.93. The second kappa shape index (κ2) is 6.74. The summed E-state index contributed by atoms with van der Waals surface area (Å²) in [5, 5.41) is 8.00. The molecule has 0 radical (unpaired) electrons. The van der Waals surface area contributed by atoms with E-state index in [-0.39, 0.29) is 10.5 Å². The van der Waals surface area contributed by atoms with Crippen LogP contribution >= 0.6 is 0 Å². The Bertz CT molecular complexity index is 1060. The molecule has 3 aromatic rings. The van der Waals surface area contributed by atoms with Crippen LogP contribution in [-0.4, -0.2) is 23.9 Å². The summed E-state index contributed by atoms with van der Waals surface area (Å²) in [6.07, 6.45) is 5.17. The maximum atomic E-state index is 12.5. The van der Waals surface area contributed by atoms with Crippen molar-refractivity contribution in [2.75, 3.05) is 5.32 Å². The van der Waals surface area contributed by atoms with E-state index < -0.39 is 15.9 Å². The first kappa shape index (κ1) is 17.8. The second-order valence-corrected chi connectivity index (χ2v) is 7.46. The molecule has 7 nitrogen and oxygen atoms in total. The molecule has 1 amide bonds. The zero-order valence-electron chi connectivity index (χ0n) is 14.3. The SMILES string of the molecule is Cc1cc(C(=O)Nc2ccc(-n3ccnc3)cc2)cc(S(N)(=O)=O)c1C. The van der Waals surface area contributed by atoms with Gasteiger partial charge in [0.2, 0.25) is 10.0 Å². The molecule has 8 heteroatoms. The van der Waals surface area contributed by atoms with E-state index in [1.807, 2.05) is 22.9 Å². The molecule has 0 aliphatic carbocycles. The zero-order chi connectivity index (χ0) is 18.9. The van der Waals surface area contributed by atoms with Crippen LogP contribution in [0.5, 0.6) is 0 Å². The number of sulfonamides is 1. The predicted octanol–water partition coefficient (Wildman–Crippen LogP) is 2.39. The van der Waals surface area contributed by atoms with Gasteiger partial charge in [0, 0.05) is 29.3 Å². The van der Waals surface area contributed by atoms with Crippen LogP contribution in [0.1, 0.15) is 21.5 Å². The molecule has 134 valence electrons. The minimum Gasteiger partial charge on any atom is -0.322 e. The molecule has 0 unspecified atom stereocenters. The highest BCUT2D eigenvalue weighted by Gasteiger charge is 2.17. The van der Waals surface area contributed by atoms with Crippen LogP contribution < -0.4 is 10.5 Å². The van der Waals surface area contributed by atoms with Crippen LogP contribution in [-0.2, 0) is 10.0 Å². The molecule has 2 aromatic carbocycles. The Balaban J connectivity index is 1.85. The Hall–Kier alpha value is -2.97. The lowest BCUT2D eigenvalue weighted by Crippen LogP contribution is -2.17. The largest absolute Gasteiger partial charge is 0.322 e. The molecule has 0 saturated carbocycles. The normalized spacial score (nSPS) is 11.3. The molecule has 0 bridgehead atoms. The van der Waals surface area contributed by atoms with Crippen LogP contribution in [0.4, 0.5) is 5.69 Å². The lowest BCUT2D eigenvalue weighted by atomic mass is 10.1. The van der Waals surface area contributed by atoms with Crippen molar-refractivity contribution in [3.05, 3.63) is 71.8 Å². The fourth-order valence-corrected chi connectivity index (χ4v) is 3.46. The van der Waals surface area contributed by atoms with E-state index in [1.54, 1.807) is 44.6 Å². The number of carbonyl (C=O) groups is 1. The number of amides is 1. The molecule has 26 heavy (non-hydrogen) atoms. The molecule has 0 saturated heterocycles. The van der Waals surface area contributed by atoms with Crippen molar-refractivity contribution in [1.82, 2.24) is 9.55 Å². The molecule has 0 aliphatic rings. The highest BCUT2D eigenvalue weighted by atomic mass is 32.2. The van der Waals surface area contributed by atoms with E-state index in [9.17, 15) is 13.2 Å². The summed E-state index contributed by atoms with van der Waals surface area (Å²) in [5.74, 6) is -0.409. The number of nitrogens with two attached hydrogens (primary N) is 1. The quantitative estimate of drug-likeness (QED) is 0.735. The third kappa shape index (κ3) is 3.66. The molecule has 0 spiro atoms. The van der Waals surface area contributed by atoms with Gasteiger partial charge in [0.1, 0.15) is 0 Å². The number of anilines is 1. The van der Waals surface area contributed by atoms with Crippen molar-refractivity contribution in [3.8, 4) is 5.69 Å². The van der Waals surface area contributed by atoms with E-state index in [2.05, 4.69) is 10.3 Å². The number of aryl methyl sites for hydroxylation is 1. The molecule has 0 aliphatic heterocycles. The average molecular weight is 370 g/mol. The van der Waals surface area contributed by atoms with Gasteiger partial charge < -0.3 is 9.88 Å². The fraction of sp³-hybridized carbons (Fsp3) is 0.111. The Kier molecular flexibility index (Phi) is 4.62. The van der Waals surface area contributed by atoms with E-state index in [0.717, 1.165) is 5.69 Å². The van der Waals surface area contributed by atoms with Gasteiger partial charge in [0.25, 0.3) is 5.91 Å². The number of nitrogens with one attached hydrogen (secondary N) is 1. The van der Waals surface area contributed by atoms with Gasteiger partial charge in [0.15, 0.2) is 0 Å². The number of rotatable bonds is 4. The number of aromatic nitrogens is 2. The maximum absolute atomic E-state index is 12.5. The number of primary sulfonamides is 1. The molecule has 3 rings (SSSR count). The Morgan fingerprint density at radius 2 is 1.85 bits per heavy atom. The predicted molar refractivity (Wildman–Crippen MR) is 98.8 cm³/mol. The van der Waals surface area contributed by atoms with Crippen molar-refractivity contribution < 1.29 is 13.2 Å². The van der Waals surface area contributed by atoms with Crippen LogP contribution in [0.15, 0.2) is 60.0 Å². The zero-order valence-corrected chi connectivity index (χ0v) is 15.1. The van der Waals surface area contributed by atoms with E-state index in [0.29, 0.717) is 16.8 Å². The van der Waals surface area contributed by atoms with Gasteiger partial charge in [-0.25, -0.2) is 18.5 Å². The van der Waals surface area contributed by atoms with Gasteiger partial charge in [-0.1, -0.05) is 0 Å². The molecule has 0 fully saturated rings. The van der Waals surface area contributed by atoms with Gasteiger partial charge in [0.05, 0.1) is 11.2 Å². The third-order valence-corrected chi connectivity index (χ3v) is 5.15. The topological polar surface area (TPSA) is 107 Å². The summed E-state index contributed by atoms with van der Waals surface area (Å²) in [5.41, 5.74) is 2.94. The molecule has 1 heterocycles. The Labute approximate surface area is 151 Å². The molecule has 3 N–H and O–H groups in total. The molecule has 0 atom stereocenters. The summed E-state index contributed by atoms with van der Waals surface area (Å²) in [6, 6.07) is 10.1. The number of carbonyl (C=O) groups excluding carboxylic acids is 1. The number of benzene rings is 2. The van der Waals surface area contributed by atoms with Crippen LogP contribution in [0.25, 0.3) is 5.69 Å². The first-order valence-electron chi connectivity index (χ1n) is 7.79. The summed E-state index contributed by atoms with van der Waals surface area (Å²) in [4.78, 5) is 16.5. The number of nitrogens with zero attached hydrogens (tertiary/aromatic N) is 2. The summed E-state index contributed by atoms with van der Waals surface area (Å²) in [7, 11) is -3.90. The van der Waals surface area contributed by atoms with Crippen LogP contribution in [0.2, 0.25) is 0 Å². The first-order chi connectivity index (χ1) is 12.3. The monoisotopic (exact) mass is 370 g/mol. The van der Waals surface area contributed by atoms with Gasteiger partial charge in [-0.15, -0.1) is 0 Å². The smallest absolute Gasteiger partial charge is 0.255 e. The summed E-state index contributed by atoms with van der Waals surface area (Å²) < 4.78 is 25.3. The average Bonchev–Trinajstić information content (AvgIpc) is 3.11. The molecular weight excluding hydrogens is 352 g/mol. The van der Waals surface area contributed by atoms with Crippen LogP contribution in [0, 0.1) is 13.8 Å². The van der Waals surface area contributed by atoms with Crippen molar-refractivity contribution in [2.45, 2.75) is 18.7 Å². The lowest BCUT2D eigenvalue weighted by molar-refractivity contribution is 0.102. The van der Waals surface area contributed by atoms with Crippen molar-refractivity contribution >= 4 is 21.6 Å². The van der Waals surface area contributed by atoms with Gasteiger partial charge in [-0.3, -0.25) is 4.79 Å². The van der Waals surface area contributed by atoms with E-state index in [1.165, 1.54) is 6.07 Å². The minimum atomic E-state index is -3.90. The number of imidazole rings is 1. The Morgan fingerprint density at radius 3 is 2.42 bits per heavy atom. The van der Waals surface area contributed by atoms with Gasteiger partial charge in [-0.05, 0) is 61.4 Å². The Morgan fingerprint density at radius 1 is 1.15 bits per heavy atom. The highest BCUT2D eigenvalue weighted by Crippen LogP contribution is 2.21. The van der Waals surface area contributed by atoms with E-state index >= 15 is 0 Å². The van der Waals surface area contributed by atoms with Gasteiger partial charge >= 0.3 is 0 Å². The third-order valence-electron chi connectivity index (χ3n) is 4.12. The lowest BCUT2D eigenvalue weighted by Gasteiger charge is -2.11. The van der Waals surface area contributed by atoms with Gasteiger partial charge in [-0.2, -0.15) is 0 Å². The number of hydrogen-bond donors (Lipinski definition) is 2. The fourth-order valence-electron chi connectivity index (χ4n) is 2.59. The standard InChI is InChI=1S/C18H18N4O3S/c1-12-9-14(10-17(13(12)2)26(19,24)25)18(23)21-15-3-5-16(6-4-15)22-8-7-20-11-22/h3-11H,1-2H3,(H,21,23)(H2,19,24,25). The van der Waals surface area contributed by atoms with Crippen LogP contribution in [0.3, 0.4) is 0 Å². The maximum Gasteiger partial charge on any atom is 0.255 e. The van der Waals surface area contributed by atoms with Crippen molar-refractivity contribution in [2.24, 2.45) is 5.14 Å². The van der Waals surface area contributed by atoms with Crippen molar-refractivity contribution in [3.63, 3.8) is 0 Å². The summed E-state index contributed by atoms with van der Waals surface area (Å²) in [6.45, 7) is 3.40. The van der Waals surface area contributed by atoms with Crippen molar-refractivity contribution in [1.29, 1.82) is 0 Å². The summed E-state index contributed by atoms with van der Waals surface area (Å²) >= 11 is 0.